The van der Waals surface area contributed by atoms with E-state index in [4.69, 9.17) is 4.74 Å². The van der Waals surface area contributed by atoms with Crippen LogP contribution in [0.2, 0.25) is 0 Å². The number of amides is 1. The van der Waals surface area contributed by atoms with Gasteiger partial charge in [0.1, 0.15) is 5.75 Å². The lowest BCUT2D eigenvalue weighted by Crippen LogP contribution is -2.23. The van der Waals surface area contributed by atoms with Crippen LogP contribution >= 0.6 is 12.6 Å². The maximum atomic E-state index is 11.4. The molecule has 0 bridgehead atoms. The second kappa shape index (κ2) is 6.55. The van der Waals surface area contributed by atoms with Gasteiger partial charge >= 0.3 is 0 Å². The molecule has 3 nitrogen and oxygen atoms in total. The molecular formula is C13H19NO2S. The fourth-order valence-electron chi connectivity index (χ4n) is 1.56. The molecule has 1 rings (SSSR count). The van der Waals surface area contributed by atoms with Crippen LogP contribution in [0.25, 0.3) is 0 Å². The number of hydrogen-bond acceptors (Lipinski definition) is 3. The zero-order valence-corrected chi connectivity index (χ0v) is 11.4. The summed E-state index contributed by atoms with van der Waals surface area (Å²) in [4.78, 5) is 11.4. The summed E-state index contributed by atoms with van der Waals surface area (Å²) in [7, 11) is 1.64. The molecule has 0 spiro atoms. The van der Waals surface area contributed by atoms with E-state index in [0.29, 0.717) is 18.7 Å². The Kier molecular flexibility index (Phi) is 5.35. The molecule has 17 heavy (non-hydrogen) atoms. The first-order valence-corrected chi connectivity index (χ1v) is 6.23. The first kappa shape index (κ1) is 13.9. The van der Waals surface area contributed by atoms with Gasteiger partial charge < -0.3 is 10.1 Å². The molecule has 0 unspecified atom stereocenters. The monoisotopic (exact) mass is 253 g/mol. The van der Waals surface area contributed by atoms with Gasteiger partial charge in [-0.05, 0) is 36.8 Å². The Hall–Kier alpha value is -1.16. The highest BCUT2D eigenvalue weighted by atomic mass is 32.1. The van der Waals surface area contributed by atoms with Crippen LogP contribution in [0.5, 0.6) is 5.75 Å². The van der Waals surface area contributed by atoms with Gasteiger partial charge in [-0.1, -0.05) is 6.07 Å². The Balaban J connectivity index is 2.76. The molecule has 0 fully saturated rings. The number of aryl methyl sites for hydroxylation is 2. The van der Waals surface area contributed by atoms with Gasteiger partial charge in [0.05, 0.1) is 7.11 Å². The Morgan fingerprint density at radius 1 is 1.35 bits per heavy atom. The van der Waals surface area contributed by atoms with E-state index in [1.54, 1.807) is 7.11 Å². The summed E-state index contributed by atoms with van der Waals surface area (Å²) in [6, 6.07) is 4.05. The number of thiol groups is 1. The number of hydrogen-bond donors (Lipinski definition) is 2. The van der Waals surface area contributed by atoms with E-state index >= 15 is 0 Å². The zero-order chi connectivity index (χ0) is 12.8. The second-order valence-electron chi connectivity index (χ2n) is 4.00. The van der Waals surface area contributed by atoms with Crippen molar-refractivity contribution in [2.24, 2.45) is 0 Å². The third kappa shape index (κ3) is 3.97. The minimum atomic E-state index is 0.0141. The van der Waals surface area contributed by atoms with Crippen molar-refractivity contribution in [1.29, 1.82) is 0 Å². The third-order valence-electron chi connectivity index (χ3n) is 2.71. The summed E-state index contributed by atoms with van der Waals surface area (Å²) in [6.45, 7) is 4.59. The maximum absolute atomic E-state index is 11.4. The van der Waals surface area contributed by atoms with Crippen LogP contribution in [0.15, 0.2) is 12.1 Å². The van der Waals surface area contributed by atoms with Crippen LogP contribution in [0, 0.1) is 13.8 Å². The van der Waals surface area contributed by atoms with E-state index < -0.39 is 0 Å². The van der Waals surface area contributed by atoms with Crippen molar-refractivity contribution in [2.75, 3.05) is 12.9 Å². The van der Waals surface area contributed by atoms with Gasteiger partial charge in [0.25, 0.3) is 0 Å². The zero-order valence-electron chi connectivity index (χ0n) is 10.5. The van der Waals surface area contributed by atoms with Crippen LogP contribution in [0.3, 0.4) is 0 Å². The van der Waals surface area contributed by atoms with E-state index in [-0.39, 0.29) is 5.91 Å². The summed E-state index contributed by atoms with van der Waals surface area (Å²) in [5.41, 5.74) is 3.39. The van der Waals surface area contributed by atoms with Crippen molar-refractivity contribution in [3.05, 3.63) is 28.8 Å². The average molecular weight is 253 g/mol. The number of ether oxygens (including phenoxy) is 1. The SMILES string of the molecule is COc1cc(C)c(C)cc1CNC(=O)CCS. The normalized spacial score (nSPS) is 10.1. The number of methoxy groups -OCH3 is 1. The molecule has 0 aromatic heterocycles. The maximum Gasteiger partial charge on any atom is 0.221 e. The van der Waals surface area contributed by atoms with Crippen molar-refractivity contribution in [3.63, 3.8) is 0 Å². The van der Waals surface area contributed by atoms with Crippen molar-refractivity contribution in [1.82, 2.24) is 5.32 Å². The van der Waals surface area contributed by atoms with Crippen molar-refractivity contribution in [2.45, 2.75) is 26.8 Å². The smallest absolute Gasteiger partial charge is 0.221 e. The van der Waals surface area contributed by atoms with E-state index in [1.807, 2.05) is 19.9 Å². The first-order valence-electron chi connectivity index (χ1n) is 5.60. The number of benzene rings is 1. The van der Waals surface area contributed by atoms with Crippen molar-refractivity contribution in [3.8, 4) is 5.75 Å². The molecule has 0 radical (unpaired) electrons. The number of nitrogens with one attached hydrogen (secondary N) is 1. The molecule has 1 amide bonds. The minimum absolute atomic E-state index is 0.0141. The standard InChI is InChI=1S/C13H19NO2S/c1-9-6-11(8-14-13(15)4-5-17)12(16-3)7-10(9)2/h6-7,17H,4-5,8H2,1-3H3,(H,14,15). The molecule has 1 N–H and O–H groups in total. The molecule has 0 saturated carbocycles. The van der Waals surface area contributed by atoms with Crippen molar-refractivity contribution < 1.29 is 9.53 Å². The average Bonchev–Trinajstić information content (AvgIpc) is 2.30. The largest absolute Gasteiger partial charge is 0.496 e. The summed E-state index contributed by atoms with van der Waals surface area (Å²) in [6.07, 6.45) is 0.441. The number of carbonyl (C=O) groups is 1. The van der Waals surface area contributed by atoms with Gasteiger partial charge in [0, 0.05) is 18.5 Å². The van der Waals surface area contributed by atoms with Crippen molar-refractivity contribution >= 4 is 18.5 Å². The highest BCUT2D eigenvalue weighted by molar-refractivity contribution is 7.80. The highest BCUT2D eigenvalue weighted by Gasteiger charge is 2.07. The van der Waals surface area contributed by atoms with Gasteiger partial charge in [-0.15, -0.1) is 0 Å². The predicted molar refractivity (Wildman–Crippen MR) is 72.8 cm³/mol. The summed E-state index contributed by atoms with van der Waals surface area (Å²) < 4.78 is 5.31. The van der Waals surface area contributed by atoms with Gasteiger partial charge in [-0.2, -0.15) is 12.6 Å². The molecule has 0 aliphatic rings. The quantitative estimate of drug-likeness (QED) is 0.790. The van der Waals surface area contributed by atoms with Gasteiger partial charge in [0.15, 0.2) is 0 Å². The van der Waals surface area contributed by atoms with Crippen LogP contribution in [0.1, 0.15) is 23.1 Å². The molecule has 0 aliphatic heterocycles. The fraction of sp³-hybridized carbons (Fsp3) is 0.462. The molecule has 0 saturated heterocycles. The van der Waals surface area contributed by atoms with Crippen LogP contribution in [-0.2, 0) is 11.3 Å². The summed E-state index contributed by atoms with van der Waals surface area (Å²) in [5, 5.41) is 2.85. The number of carbonyl (C=O) groups excluding carboxylic acids is 1. The molecule has 1 aromatic carbocycles. The van der Waals surface area contributed by atoms with E-state index in [9.17, 15) is 4.79 Å². The van der Waals surface area contributed by atoms with Gasteiger partial charge in [0.2, 0.25) is 5.91 Å². The summed E-state index contributed by atoms with van der Waals surface area (Å²) in [5.74, 6) is 1.40. The lowest BCUT2D eigenvalue weighted by atomic mass is 10.0. The highest BCUT2D eigenvalue weighted by Crippen LogP contribution is 2.22. The lowest BCUT2D eigenvalue weighted by Gasteiger charge is -2.12. The Morgan fingerprint density at radius 2 is 2.00 bits per heavy atom. The molecule has 0 heterocycles. The fourth-order valence-corrected chi connectivity index (χ4v) is 1.76. The minimum Gasteiger partial charge on any atom is -0.496 e. The second-order valence-corrected chi connectivity index (χ2v) is 4.45. The molecule has 4 heteroatoms. The summed E-state index contributed by atoms with van der Waals surface area (Å²) >= 11 is 4.02. The Labute approximate surface area is 108 Å². The molecule has 0 aliphatic carbocycles. The number of rotatable bonds is 5. The third-order valence-corrected chi connectivity index (χ3v) is 2.94. The first-order chi connectivity index (χ1) is 8.08. The topological polar surface area (TPSA) is 38.3 Å². The molecule has 94 valence electrons. The molecular weight excluding hydrogens is 234 g/mol. The van der Waals surface area contributed by atoms with Gasteiger partial charge in [-0.3, -0.25) is 4.79 Å². The van der Waals surface area contributed by atoms with Crippen LogP contribution in [0.4, 0.5) is 0 Å². The molecule has 1 aromatic rings. The van der Waals surface area contributed by atoms with Gasteiger partial charge in [-0.25, -0.2) is 0 Å². The van der Waals surface area contributed by atoms with E-state index in [2.05, 4.69) is 24.0 Å². The lowest BCUT2D eigenvalue weighted by molar-refractivity contribution is -0.120. The van der Waals surface area contributed by atoms with E-state index in [1.165, 1.54) is 11.1 Å². The Morgan fingerprint density at radius 3 is 2.59 bits per heavy atom. The predicted octanol–water partition coefficient (Wildman–Crippen LogP) is 2.25. The molecule has 0 atom stereocenters. The van der Waals surface area contributed by atoms with Crippen LogP contribution < -0.4 is 10.1 Å². The van der Waals surface area contributed by atoms with E-state index in [0.717, 1.165) is 11.3 Å². The van der Waals surface area contributed by atoms with Crippen LogP contribution in [-0.4, -0.2) is 18.8 Å². The Bertz CT molecular complexity index is 405.